The average molecular weight is 308 g/mol. The highest BCUT2D eigenvalue weighted by Gasteiger charge is 2.42. The van der Waals surface area contributed by atoms with E-state index < -0.39 is 11.6 Å². The topological polar surface area (TPSA) is 23.6 Å². The smallest absolute Gasteiger partial charge is 0.222 e. The van der Waals surface area contributed by atoms with Gasteiger partial charge in [-0.15, -0.1) is 0 Å². The molecule has 0 aromatic heterocycles. The molecule has 0 atom stereocenters. The summed E-state index contributed by atoms with van der Waals surface area (Å²) in [6.45, 7) is 2.40. The van der Waals surface area contributed by atoms with Crippen molar-refractivity contribution in [2.24, 2.45) is 0 Å². The number of rotatable bonds is 2. The third kappa shape index (κ3) is 2.86. The Morgan fingerprint density at radius 1 is 1.14 bits per heavy atom. The largest absolute Gasteiger partial charge is 0.340 e. The molecule has 0 radical (unpaired) electrons. The molecule has 0 N–H and O–H groups in total. The monoisotopic (exact) mass is 308 g/mol. The minimum Gasteiger partial charge on any atom is -0.340 e. The third-order valence-corrected chi connectivity index (χ3v) is 5.30. The van der Waals surface area contributed by atoms with Crippen LogP contribution in [-0.2, 0) is 11.3 Å². The van der Waals surface area contributed by atoms with Gasteiger partial charge in [0.2, 0.25) is 5.91 Å². The summed E-state index contributed by atoms with van der Waals surface area (Å²) in [5.74, 6) is -1.34. The summed E-state index contributed by atoms with van der Waals surface area (Å²) in [7, 11) is 1.92. The van der Waals surface area contributed by atoms with Gasteiger partial charge in [-0.25, -0.2) is 8.78 Å². The Morgan fingerprint density at radius 3 is 2.55 bits per heavy atom. The Bertz CT molecular complexity index is 568. The van der Waals surface area contributed by atoms with E-state index in [0.29, 0.717) is 13.0 Å². The van der Waals surface area contributed by atoms with Crippen LogP contribution in [0.5, 0.6) is 0 Å². The highest BCUT2D eigenvalue weighted by Crippen LogP contribution is 2.37. The first-order valence-corrected chi connectivity index (χ1v) is 7.93. The standard InChI is InChI=1S/C17H22F2N2O/c1-20-16(22)3-2-6-17(20)7-9-21(10-8-17)12-13-4-5-14(18)15(19)11-13/h4-5,11H,2-3,6-10,12H2,1H3. The molecule has 0 unspecified atom stereocenters. The predicted molar refractivity (Wildman–Crippen MR) is 80.2 cm³/mol. The Kier molecular flexibility index (Phi) is 4.17. The van der Waals surface area contributed by atoms with Crippen LogP contribution in [0, 0.1) is 11.6 Å². The number of amides is 1. The van der Waals surface area contributed by atoms with Crippen molar-refractivity contribution in [3.05, 3.63) is 35.4 Å². The van der Waals surface area contributed by atoms with E-state index in [2.05, 4.69) is 4.90 Å². The molecule has 3 nitrogen and oxygen atoms in total. The van der Waals surface area contributed by atoms with Gasteiger partial charge in [-0.2, -0.15) is 0 Å². The Hall–Kier alpha value is -1.49. The van der Waals surface area contributed by atoms with Crippen LogP contribution >= 0.6 is 0 Å². The van der Waals surface area contributed by atoms with Gasteiger partial charge < -0.3 is 4.90 Å². The van der Waals surface area contributed by atoms with Crippen LogP contribution in [0.1, 0.15) is 37.7 Å². The summed E-state index contributed by atoms with van der Waals surface area (Å²) in [5, 5.41) is 0. The molecule has 0 aliphatic carbocycles. The van der Waals surface area contributed by atoms with Crippen molar-refractivity contribution in [2.75, 3.05) is 20.1 Å². The van der Waals surface area contributed by atoms with E-state index in [4.69, 9.17) is 0 Å². The van der Waals surface area contributed by atoms with Gasteiger partial charge >= 0.3 is 0 Å². The van der Waals surface area contributed by atoms with Crippen LogP contribution in [0.25, 0.3) is 0 Å². The number of halogens is 2. The molecule has 22 heavy (non-hydrogen) atoms. The molecule has 0 saturated carbocycles. The molecule has 1 aromatic carbocycles. The van der Waals surface area contributed by atoms with Crippen LogP contribution in [0.3, 0.4) is 0 Å². The summed E-state index contributed by atoms with van der Waals surface area (Å²) >= 11 is 0. The lowest BCUT2D eigenvalue weighted by atomic mass is 9.78. The zero-order valence-corrected chi connectivity index (χ0v) is 12.9. The van der Waals surface area contributed by atoms with Crippen molar-refractivity contribution in [1.29, 1.82) is 0 Å². The van der Waals surface area contributed by atoms with Crippen molar-refractivity contribution in [2.45, 2.75) is 44.2 Å². The first-order valence-electron chi connectivity index (χ1n) is 7.93. The van der Waals surface area contributed by atoms with Crippen molar-refractivity contribution in [1.82, 2.24) is 9.80 Å². The average Bonchev–Trinajstić information content (AvgIpc) is 2.51. The Labute approximate surface area is 129 Å². The molecule has 5 heteroatoms. The number of nitrogens with zero attached hydrogens (tertiary/aromatic N) is 2. The first-order chi connectivity index (χ1) is 10.5. The molecular formula is C17H22F2N2O. The normalized spacial score (nSPS) is 22.3. The lowest BCUT2D eigenvalue weighted by Crippen LogP contribution is -2.57. The number of benzene rings is 1. The zero-order chi connectivity index (χ0) is 15.7. The summed E-state index contributed by atoms with van der Waals surface area (Å²) in [6, 6.07) is 4.10. The SMILES string of the molecule is CN1C(=O)CCCC12CCN(Cc1ccc(F)c(F)c1)CC2. The molecule has 1 amide bonds. The molecular weight excluding hydrogens is 286 g/mol. The highest BCUT2D eigenvalue weighted by molar-refractivity contribution is 5.77. The second-order valence-corrected chi connectivity index (χ2v) is 6.56. The maximum absolute atomic E-state index is 13.3. The molecule has 2 saturated heterocycles. The summed E-state index contributed by atoms with van der Waals surface area (Å²) in [5.41, 5.74) is 0.808. The minimum atomic E-state index is -0.802. The minimum absolute atomic E-state index is 0.0138. The van der Waals surface area contributed by atoms with E-state index >= 15 is 0 Å². The maximum Gasteiger partial charge on any atom is 0.222 e. The predicted octanol–water partition coefficient (Wildman–Crippen LogP) is 2.94. The van der Waals surface area contributed by atoms with Gasteiger partial charge in [0, 0.05) is 38.6 Å². The van der Waals surface area contributed by atoms with Crippen molar-refractivity contribution < 1.29 is 13.6 Å². The molecule has 3 rings (SSSR count). The van der Waals surface area contributed by atoms with E-state index in [1.807, 2.05) is 11.9 Å². The van der Waals surface area contributed by atoms with Crippen LogP contribution in [0.4, 0.5) is 8.78 Å². The van der Waals surface area contributed by atoms with Crippen LogP contribution in [0.2, 0.25) is 0 Å². The van der Waals surface area contributed by atoms with Gasteiger partial charge in [0.15, 0.2) is 11.6 Å². The molecule has 120 valence electrons. The van der Waals surface area contributed by atoms with Crippen molar-refractivity contribution >= 4 is 5.91 Å². The fraction of sp³-hybridized carbons (Fsp3) is 0.588. The number of carbonyl (C=O) groups excluding carboxylic acids is 1. The molecule has 2 heterocycles. The van der Waals surface area contributed by atoms with Crippen LogP contribution < -0.4 is 0 Å². The molecule has 2 aliphatic rings. The van der Waals surface area contributed by atoms with Gasteiger partial charge in [-0.1, -0.05) is 6.07 Å². The van der Waals surface area contributed by atoms with Crippen LogP contribution in [0.15, 0.2) is 18.2 Å². The Morgan fingerprint density at radius 2 is 1.86 bits per heavy atom. The molecule has 1 spiro atoms. The van der Waals surface area contributed by atoms with E-state index in [-0.39, 0.29) is 11.4 Å². The fourth-order valence-electron chi connectivity index (χ4n) is 3.78. The Balaban J connectivity index is 1.62. The maximum atomic E-state index is 13.3. The van der Waals surface area contributed by atoms with Crippen molar-refractivity contribution in [3.8, 4) is 0 Å². The summed E-state index contributed by atoms with van der Waals surface area (Å²) < 4.78 is 26.2. The molecule has 0 bridgehead atoms. The van der Waals surface area contributed by atoms with Gasteiger partial charge in [-0.3, -0.25) is 9.69 Å². The third-order valence-electron chi connectivity index (χ3n) is 5.30. The van der Waals surface area contributed by atoms with Gasteiger partial charge in [-0.05, 0) is 43.4 Å². The van der Waals surface area contributed by atoms with E-state index in [1.165, 1.54) is 12.1 Å². The number of hydrogen-bond acceptors (Lipinski definition) is 2. The van der Waals surface area contributed by atoms with Crippen molar-refractivity contribution in [3.63, 3.8) is 0 Å². The lowest BCUT2D eigenvalue weighted by Gasteiger charge is -2.50. The van der Waals surface area contributed by atoms with Gasteiger partial charge in [0.25, 0.3) is 0 Å². The summed E-state index contributed by atoms with van der Waals surface area (Å²) in [6.07, 6.45) is 4.63. The quantitative estimate of drug-likeness (QED) is 0.838. The van der Waals surface area contributed by atoms with Gasteiger partial charge in [0.1, 0.15) is 0 Å². The molecule has 1 aromatic rings. The number of carbonyl (C=O) groups is 1. The van der Waals surface area contributed by atoms with Gasteiger partial charge in [0.05, 0.1) is 0 Å². The fourth-order valence-corrected chi connectivity index (χ4v) is 3.78. The highest BCUT2D eigenvalue weighted by atomic mass is 19.2. The molecule has 2 aliphatic heterocycles. The number of likely N-dealkylation sites (tertiary alicyclic amines) is 2. The summed E-state index contributed by atoms with van der Waals surface area (Å²) in [4.78, 5) is 16.1. The first kappa shape index (κ1) is 15.4. The van der Waals surface area contributed by atoms with E-state index in [9.17, 15) is 13.6 Å². The number of piperidine rings is 2. The number of hydrogen-bond donors (Lipinski definition) is 0. The second-order valence-electron chi connectivity index (χ2n) is 6.56. The zero-order valence-electron chi connectivity index (χ0n) is 12.9. The van der Waals surface area contributed by atoms with Crippen LogP contribution in [-0.4, -0.2) is 41.4 Å². The van der Waals surface area contributed by atoms with E-state index in [0.717, 1.165) is 44.3 Å². The second kappa shape index (κ2) is 5.95. The lowest BCUT2D eigenvalue weighted by molar-refractivity contribution is -0.142. The molecule has 2 fully saturated rings. The van der Waals surface area contributed by atoms with E-state index in [1.54, 1.807) is 6.07 Å².